The number of hydrogen-bond donors (Lipinski definition) is 2. The minimum atomic E-state index is 0.326. The summed E-state index contributed by atoms with van der Waals surface area (Å²) in [5.74, 6) is 0.638. The van der Waals surface area contributed by atoms with Gasteiger partial charge in [0.2, 0.25) is 0 Å². The van der Waals surface area contributed by atoms with E-state index in [9.17, 15) is 0 Å². The lowest BCUT2D eigenvalue weighted by atomic mass is 9.98. The van der Waals surface area contributed by atoms with Crippen molar-refractivity contribution in [1.29, 1.82) is 0 Å². The fourth-order valence-electron chi connectivity index (χ4n) is 2.23. The zero-order valence-electron chi connectivity index (χ0n) is 10.7. The van der Waals surface area contributed by atoms with E-state index in [1.54, 1.807) is 0 Å². The smallest absolute Gasteiger partial charge is 0.0191 e. The van der Waals surface area contributed by atoms with Crippen molar-refractivity contribution in [3.63, 3.8) is 0 Å². The van der Waals surface area contributed by atoms with E-state index >= 15 is 0 Å². The van der Waals surface area contributed by atoms with Gasteiger partial charge in [0, 0.05) is 19.1 Å². The monoisotopic (exact) mass is 212 g/mol. The lowest BCUT2D eigenvalue weighted by Crippen LogP contribution is -2.40. The van der Waals surface area contributed by atoms with Crippen molar-refractivity contribution in [2.45, 2.75) is 58.9 Å². The molecule has 1 saturated carbocycles. The summed E-state index contributed by atoms with van der Waals surface area (Å²) in [6.07, 6.45) is 6.74. The Bertz CT molecular complexity index is 175. The summed E-state index contributed by atoms with van der Waals surface area (Å²) in [4.78, 5) is 0. The van der Waals surface area contributed by atoms with Crippen LogP contribution in [0.2, 0.25) is 0 Å². The number of nitrogens with two attached hydrogens (primary N) is 1. The Kier molecular flexibility index (Phi) is 5.07. The predicted molar refractivity (Wildman–Crippen MR) is 66.9 cm³/mol. The van der Waals surface area contributed by atoms with E-state index in [0.29, 0.717) is 17.4 Å². The summed E-state index contributed by atoms with van der Waals surface area (Å²) in [6, 6.07) is 0.326. The minimum Gasteiger partial charge on any atom is -0.326 e. The highest BCUT2D eigenvalue weighted by Crippen LogP contribution is 2.48. The van der Waals surface area contributed by atoms with Crippen LogP contribution in [0.1, 0.15) is 52.9 Å². The molecule has 0 amide bonds. The summed E-state index contributed by atoms with van der Waals surface area (Å²) in [6.45, 7) is 8.91. The van der Waals surface area contributed by atoms with Crippen molar-refractivity contribution in [3.8, 4) is 0 Å². The van der Waals surface area contributed by atoms with Gasteiger partial charge in [-0.1, -0.05) is 33.6 Å². The number of hydrogen-bond acceptors (Lipinski definition) is 2. The van der Waals surface area contributed by atoms with E-state index in [0.717, 1.165) is 6.54 Å². The molecule has 0 aromatic rings. The predicted octanol–water partition coefficient (Wildman–Crippen LogP) is 2.53. The zero-order chi connectivity index (χ0) is 11.3. The lowest BCUT2D eigenvalue weighted by Gasteiger charge is -2.21. The average molecular weight is 212 g/mol. The standard InChI is InChI=1S/C13H28N2/c1-4-6-13(7-8-13)10-15-9-12(14)11(3)5-2/h11-12,15H,4-10,14H2,1-3H3. The molecule has 0 aromatic heterocycles. The van der Waals surface area contributed by atoms with Gasteiger partial charge < -0.3 is 11.1 Å². The van der Waals surface area contributed by atoms with Gasteiger partial charge >= 0.3 is 0 Å². The number of rotatable bonds is 8. The molecule has 0 saturated heterocycles. The van der Waals surface area contributed by atoms with Crippen molar-refractivity contribution in [2.24, 2.45) is 17.1 Å². The van der Waals surface area contributed by atoms with Gasteiger partial charge in [0.1, 0.15) is 0 Å². The Balaban J connectivity index is 2.10. The van der Waals surface area contributed by atoms with E-state index in [2.05, 4.69) is 26.1 Å². The quantitative estimate of drug-likeness (QED) is 0.649. The fraction of sp³-hybridized carbons (Fsp3) is 1.00. The van der Waals surface area contributed by atoms with Gasteiger partial charge in [0.15, 0.2) is 0 Å². The Hall–Kier alpha value is -0.0800. The van der Waals surface area contributed by atoms with Gasteiger partial charge in [-0.15, -0.1) is 0 Å². The summed E-state index contributed by atoms with van der Waals surface area (Å²) >= 11 is 0. The molecule has 2 nitrogen and oxygen atoms in total. The SMILES string of the molecule is CCCC1(CNCC(N)C(C)CC)CC1. The van der Waals surface area contributed by atoms with Crippen molar-refractivity contribution in [2.75, 3.05) is 13.1 Å². The molecular formula is C13H28N2. The maximum atomic E-state index is 6.09. The molecule has 90 valence electrons. The molecule has 0 heterocycles. The van der Waals surface area contributed by atoms with Crippen LogP contribution >= 0.6 is 0 Å². The highest BCUT2D eigenvalue weighted by atomic mass is 14.9. The third kappa shape index (κ3) is 4.12. The Morgan fingerprint density at radius 1 is 1.33 bits per heavy atom. The van der Waals surface area contributed by atoms with Crippen molar-refractivity contribution in [1.82, 2.24) is 5.32 Å². The van der Waals surface area contributed by atoms with Crippen LogP contribution in [-0.4, -0.2) is 19.1 Å². The van der Waals surface area contributed by atoms with Gasteiger partial charge in [-0.25, -0.2) is 0 Å². The van der Waals surface area contributed by atoms with Crippen molar-refractivity contribution < 1.29 is 0 Å². The second kappa shape index (κ2) is 5.86. The van der Waals surface area contributed by atoms with E-state index in [1.807, 2.05) is 0 Å². The molecule has 3 N–H and O–H groups in total. The molecule has 2 unspecified atom stereocenters. The topological polar surface area (TPSA) is 38.0 Å². The van der Waals surface area contributed by atoms with E-state index < -0.39 is 0 Å². The molecule has 0 bridgehead atoms. The zero-order valence-corrected chi connectivity index (χ0v) is 10.7. The Morgan fingerprint density at radius 2 is 2.00 bits per heavy atom. The van der Waals surface area contributed by atoms with E-state index in [-0.39, 0.29) is 0 Å². The maximum absolute atomic E-state index is 6.09. The van der Waals surface area contributed by atoms with Gasteiger partial charge in [0.05, 0.1) is 0 Å². The van der Waals surface area contributed by atoms with Crippen LogP contribution in [0.25, 0.3) is 0 Å². The molecule has 15 heavy (non-hydrogen) atoms. The molecule has 0 aromatic carbocycles. The lowest BCUT2D eigenvalue weighted by molar-refractivity contribution is 0.375. The molecule has 1 rings (SSSR count). The van der Waals surface area contributed by atoms with Crippen LogP contribution in [0.3, 0.4) is 0 Å². The van der Waals surface area contributed by atoms with Crippen LogP contribution in [-0.2, 0) is 0 Å². The van der Waals surface area contributed by atoms with Crippen molar-refractivity contribution >= 4 is 0 Å². The molecule has 2 heteroatoms. The first-order valence-corrected chi connectivity index (χ1v) is 6.60. The molecule has 1 fully saturated rings. The molecule has 1 aliphatic rings. The highest BCUT2D eigenvalue weighted by Gasteiger charge is 2.40. The minimum absolute atomic E-state index is 0.326. The summed E-state index contributed by atoms with van der Waals surface area (Å²) in [7, 11) is 0. The normalized spacial score (nSPS) is 22.4. The first kappa shape index (κ1) is 13.0. The third-order valence-corrected chi connectivity index (χ3v) is 3.99. The van der Waals surface area contributed by atoms with Gasteiger partial charge in [-0.3, -0.25) is 0 Å². The van der Waals surface area contributed by atoms with Crippen LogP contribution in [0.4, 0.5) is 0 Å². The van der Waals surface area contributed by atoms with Crippen LogP contribution < -0.4 is 11.1 Å². The summed E-state index contributed by atoms with van der Waals surface area (Å²) in [5.41, 5.74) is 6.75. The van der Waals surface area contributed by atoms with Gasteiger partial charge in [-0.05, 0) is 30.6 Å². The van der Waals surface area contributed by atoms with Crippen molar-refractivity contribution in [3.05, 3.63) is 0 Å². The number of nitrogens with one attached hydrogen (secondary N) is 1. The van der Waals surface area contributed by atoms with Crippen LogP contribution in [0.5, 0.6) is 0 Å². The summed E-state index contributed by atoms with van der Waals surface area (Å²) in [5, 5.41) is 3.56. The average Bonchev–Trinajstić information content (AvgIpc) is 2.97. The molecule has 0 radical (unpaired) electrons. The molecule has 0 spiro atoms. The molecular weight excluding hydrogens is 184 g/mol. The fourth-order valence-corrected chi connectivity index (χ4v) is 2.23. The molecule has 2 atom stereocenters. The second-order valence-electron chi connectivity index (χ2n) is 5.43. The first-order valence-electron chi connectivity index (χ1n) is 6.60. The van der Waals surface area contributed by atoms with Crippen LogP contribution in [0, 0.1) is 11.3 Å². The van der Waals surface area contributed by atoms with Gasteiger partial charge in [-0.2, -0.15) is 0 Å². The van der Waals surface area contributed by atoms with E-state index in [1.165, 1.54) is 38.6 Å². The van der Waals surface area contributed by atoms with Gasteiger partial charge in [0.25, 0.3) is 0 Å². The van der Waals surface area contributed by atoms with Crippen LogP contribution in [0.15, 0.2) is 0 Å². The Morgan fingerprint density at radius 3 is 2.47 bits per heavy atom. The largest absolute Gasteiger partial charge is 0.326 e. The summed E-state index contributed by atoms with van der Waals surface area (Å²) < 4.78 is 0. The molecule has 1 aliphatic carbocycles. The molecule has 0 aliphatic heterocycles. The maximum Gasteiger partial charge on any atom is 0.0191 e. The first-order chi connectivity index (χ1) is 7.13. The second-order valence-corrected chi connectivity index (χ2v) is 5.43. The van der Waals surface area contributed by atoms with E-state index in [4.69, 9.17) is 5.73 Å². The Labute approximate surface area is 95.0 Å². The highest BCUT2D eigenvalue weighted by molar-refractivity contribution is 4.94. The third-order valence-electron chi connectivity index (χ3n) is 3.99.